The number of carbonyl (C=O) groups excluding carboxylic acids is 1. The van der Waals surface area contributed by atoms with Gasteiger partial charge < -0.3 is 10.2 Å². The van der Waals surface area contributed by atoms with Crippen LogP contribution in [0.3, 0.4) is 0 Å². The topological polar surface area (TPSA) is 58.1 Å². The average Bonchev–Trinajstić information content (AvgIpc) is 2.52. The van der Waals surface area contributed by atoms with Crippen LogP contribution < -0.4 is 5.32 Å². The van der Waals surface area contributed by atoms with Crippen molar-refractivity contribution >= 4 is 5.91 Å². The van der Waals surface area contributed by atoms with E-state index in [4.69, 9.17) is 0 Å². The van der Waals surface area contributed by atoms with Gasteiger partial charge in [-0.25, -0.2) is 0 Å². The summed E-state index contributed by atoms with van der Waals surface area (Å²) in [6.45, 7) is 9.79. The van der Waals surface area contributed by atoms with E-state index in [1.807, 2.05) is 24.8 Å². The van der Waals surface area contributed by atoms with Crippen molar-refractivity contribution in [3.05, 3.63) is 23.0 Å². The molecule has 0 aliphatic carbocycles. The first-order chi connectivity index (χ1) is 10.2. The largest absolute Gasteiger partial charge is 0.339 e. The van der Waals surface area contributed by atoms with Crippen LogP contribution in [0.15, 0.2) is 6.07 Å². The summed E-state index contributed by atoms with van der Waals surface area (Å²) in [4.78, 5) is 14.7. The Morgan fingerprint density at radius 1 is 1.33 bits per heavy atom. The van der Waals surface area contributed by atoms with E-state index >= 15 is 0 Å². The molecule has 21 heavy (non-hydrogen) atoms. The zero-order valence-electron chi connectivity index (χ0n) is 13.4. The molecule has 0 aromatic carbocycles. The second kappa shape index (κ2) is 7.50. The lowest BCUT2D eigenvalue weighted by Gasteiger charge is -2.32. The van der Waals surface area contributed by atoms with E-state index in [0.29, 0.717) is 5.92 Å². The molecule has 1 N–H and O–H groups in total. The van der Waals surface area contributed by atoms with Gasteiger partial charge in [0.2, 0.25) is 0 Å². The molecule has 1 aromatic heterocycles. The van der Waals surface area contributed by atoms with Crippen molar-refractivity contribution in [2.24, 2.45) is 5.92 Å². The van der Waals surface area contributed by atoms with E-state index in [9.17, 15) is 4.79 Å². The predicted octanol–water partition coefficient (Wildman–Crippen LogP) is 1.81. The standard InChI is InChI=1S/C16H26N4O/c1-4-15-14(10-12(3)18-19-15)16(21)20-8-6-13(7-9-20)11-17-5-2/h10,13,17H,4-9,11H2,1-3H3. The lowest BCUT2D eigenvalue weighted by molar-refractivity contribution is 0.0688. The van der Waals surface area contributed by atoms with E-state index in [-0.39, 0.29) is 5.91 Å². The second-order valence-corrected chi connectivity index (χ2v) is 5.74. The fourth-order valence-corrected chi connectivity index (χ4v) is 2.82. The maximum absolute atomic E-state index is 12.7. The van der Waals surface area contributed by atoms with Crippen molar-refractivity contribution in [2.45, 2.75) is 40.0 Å². The average molecular weight is 290 g/mol. The van der Waals surface area contributed by atoms with Crippen molar-refractivity contribution < 1.29 is 4.79 Å². The molecule has 0 bridgehead atoms. The van der Waals surface area contributed by atoms with Gasteiger partial charge in [-0.1, -0.05) is 13.8 Å². The highest BCUT2D eigenvalue weighted by molar-refractivity contribution is 5.95. The van der Waals surface area contributed by atoms with Gasteiger partial charge in [-0.3, -0.25) is 4.79 Å². The molecule has 1 amide bonds. The molecule has 0 unspecified atom stereocenters. The first-order valence-electron chi connectivity index (χ1n) is 7.98. The van der Waals surface area contributed by atoms with Crippen LogP contribution in [0.25, 0.3) is 0 Å². The predicted molar refractivity (Wildman–Crippen MR) is 83.3 cm³/mol. The number of carbonyl (C=O) groups is 1. The van der Waals surface area contributed by atoms with Crippen molar-refractivity contribution in [1.82, 2.24) is 20.4 Å². The zero-order valence-corrected chi connectivity index (χ0v) is 13.4. The summed E-state index contributed by atoms with van der Waals surface area (Å²) >= 11 is 0. The number of amides is 1. The minimum Gasteiger partial charge on any atom is -0.339 e. The number of hydrogen-bond acceptors (Lipinski definition) is 4. The van der Waals surface area contributed by atoms with Gasteiger partial charge in [0.1, 0.15) is 0 Å². The van der Waals surface area contributed by atoms with E-state index in [0.717, 1.165) is 62.4 Å². The molecule has 1 fully saturated rings. The number of hydrogen-bond donors (Lipinski definition) is 1. The van der Waals surface area contributed by atoms with Crippen LogP contribution >= 0.6 is 0 Å². The SMILES string of the molecule is CCNCC1CCN(C(=O)c2cc(C)nnc2CC)CC1. The molecular formula is C16H26N4O. The van der Waals surface area contributed by atoms with Crippen molar-refractivity contribution in [3.63, 3.8) is 0 Å². The van der Waals surface area contributed by atoms with Gasteiger partial charge in [-0.2, -0.15) is 10.2 Å². The number of aryl methyl sites for hydroxylation is 2. The molecule has 2 rings (SSSR count). The molecule has 5 nitrogen and oxygen atoms in total. The molecule has 1 aliphatic heterocycles. The Bertz CT molecular complexity index is 481. The molecule has 1 aliphatic rings. The number of aromatic nitrogens is 2. The van der Waals surface area contributed by atoms with Gasteiger partial charge in [-0.15, -0.1) is 0 Å². The van der Waals surface area contributed by atoms with E-state index in [2.05, 4.69) is 22.4 Å². The van der Waals surface area contributed by atoms with E-state index in [1.54, 1.807) is 0 Å². The number of likely N-dealkylation sites (tertiary alicyclic amines) is 1. The first kappa shape index (κ1) is 15.9. The molecule has 0 spiro atoms. The highest BCUT2D eigenvalue weighted by atomic mass is 16.2. The Morgan fingerprint density at radius 3 is 2.67 bits per heavy atom. The molecule has 1 aromatic rings. The van der Waals surface area contributed by atoms with Gasteiger partial charge in [0, 0.05) is 13.1 Å². The summed E-state index contributed by atoms with van der Waals surface area (Å²) in [6.07, 6.45) is 2.90. The van der Waals surface area contributed by atoms with Gasteiger partial charge >= 0.3 is 0 Å². The van der Waals surface area contributed by atoms with Crippen molar-refractivity contribution in [3.8, 4) is 0 Å². The van der Waals surface area contributed by atoms with Crippen LogP contribution in [0.2, 0.25) is 0 Å². The Balaban J connectivity index is 2.00. The van der Waals surface area contributed by atoms with E-state index in [1.165, 1.54) is 0 Å². The molecule has 0 atom stereocenters. The maximum Gasteiger partial charge on any atom is 0.255 e. The third-order valence-corrected chi connectivity index (χ3v) is 4.14. The third-order valence-electron chi connectivity index (χ3n) is 4.14. The Hall–Kier alpha value is -1.49. The number of nitrogens with one attached hydrogen (secondary N) is 1. The number of nitrogens with zero attached hydrogens (tertiary/aromatic N) is 3. The zero-order chi connectivity index (χ0) is 15.2. The van der Waals surface area contributed by atoms with Crippen LogP contribution in [0, 0.1) is 12.8 Å². The summed E-state index contributed by atoms with van der Waals surface area (Å²) in [5.74, 6) is 0.809. The fourth-order valence-electron chi connectivity index (χ4n) is 2.82. The lowest BCUT2D eigenvalue weighted by Crippen LogP contribution is -2.41. The van der Waals surface area contributed by atoms with Crippen LogP contribution in [0.1, 0.15) is 48.4 Å². The van der Waals surface area contributed by atoms with Crippen LogP contribution in [0.4, 0.5) is 0 Å². The lowest BCUT2D eigenvalue weighted by atomic mass is 9.96. The van der Waals surface area contributed by atoms with Crippen molar-refractivity contribution in [1.29, 1.82) is 0 Å². The number of rotatable bonds is 5. The summed E-state index contributed by atoms with van der Waals surface area (Å²) in [7, 11) is 0. The Labute approximate surface area is 127 Å². The maximum atomic E-state index is 12.7. The molecule has 5 heteroatoms. The van der Waals surface area contributed by atoms with Gasteiger partial charge in [0.05, 0.1) is 17.0 Å². The van der Waals surface area contributed by atoms with Crippen LogP contribution in [-0.2, 0) is 6.42 Å². The highest BCUT2D eigenvalue weighted by Gasteiger charge is 2.25. The van der Waals surface area contributed by atoms with Crippen molar-refractivity contribution in [2.75, 3.05) is 26.2 Å². The molecular weight excluding hydrogens is 264 g/mol. The smallest absolute Gasteiger partial charge is 0.255 e. The molecule has 0 saturated carbocycles. The quantitative estimate of drug-likeness (QED) is 0.898. The molecule has 2 heterocycles. The van der Waals surface area contributed by atoms with Gasteiger partial charge in [0.15, 0.2) is 0 Å². The van der Waals surface area contributed by atoms with E-state index < -0.39 is 0 Å². The summed E-state index contributed by atoms with van der Waals surface area (Å²) < 4.78 is 0. The van der Waals surface area contributed by atoms with Crippen LogP contribution in [0.5, 0.6) is 0 Å². The summed E-state index contributed by atoms with van der Waals surface area (Å²) in [6, 6.07) is 1.87. The first-order valence-corrected chi connectivity index (χ1v) is 7.98. The molecule has 0 radical (unpaired) electrons. The van der Waals surface area contributed by atoms with Gasteiger partial charge in [-0.05, 0) is 51.3 Å². The monoisotopic (exact) mass is 290 g/mol. The minimum atomic E-state index is 0.117. The van der Waals surface area contributed by atoms with Crippen LogP contribution in [-0.4, -0.2) is 47.2 Å². The normalized spacial score (nSPS) is 16.2. The molecule has 116 valence electrons. The Kier molecular flexibility index (Phi) is 5.67. The molecule has 1 saturated heterocycles. The Morgan fingerprint density at radius 2 is 2.05 bits per heavy atom. The summed E-state index contributed by atoms with van der Waals surface area (Å²) in [5.41, 5.74) is 2.34. The van der Waals surface area contributed by atoms with Gasteiger partial charge in [0.25, 0.3) is 5.91 Å². The fraction of sp³-hybridized carbons (Fsp3) is 0.688. The highest BCUT2D eigenvalue weighted by Crippen LogP contribution is 2.19. The summed E-state index contributed by atoms with van der Waals surface area (Å²) in [5, 5.41) is 11.6. The third kappa shape index (κ3) is 4.00. The number of piperidine rings is 1. The minimum absolute atomic E-state index is 0.117. The second-order valence-electron chi connectivity index (χ2n) is 5.74.